The average molecular weight is 1610 g/mol. The summed E-state index contributed by atoms with van der Waals surface area (Å²) in [5.74, 6) is -15.6. The first kappa shape index (κ1) is 100. The maximum Gasteiger partial charge on any atom is 0.243 e. The van der Waals surface area contributed by atoms with Crippen LogP contribution in [0.3, 0.4) is 0 Å². The van der Waals surface area contributed by atoms with Crippen LogP contribution < -0.4 is 170 Å². The van der Waals surface area contributed by atoms with Crippen LogP contribution in [0.5, 0.6) is 0 Å². The molecular weight excluding hydrogens is 1480 g/mol. The van der Waals surface area contributed by atoms with E-state index >= 15 is 0 Å². The van der Waals surface area contributed by atoms with Gasteiger partial charge in [-0.25, -0.2) is 0 Å². The zero-order chi connectivity index (χ0) is 85.5. The van der Waals surface area contributed by atoms with Crippen LogP contribution in [0.4, 0.5) is 0 Å². The van der Waals surface area contributed by atoms with Crippen LogP contribution in [0.1, 0.15) is 128 Å². The van der Waals surface area contributed by atoms with Crippen LogP contribution in [0.15, 0.2) is 0 Å². The Morgan fingerprint density at radius 1 is 0.212 bits per heavy atom. The number of nitrogens with two attached hydrogens (primary N) is 12. The number of hydrogen-bond acceptors (Lipinski definition) is 22. The molecular formula is C61H122N40O12. The molecule has 113 heavy (non-hydrogen) atoms. The first-order chi connectivity index (χ1) is 53.3. The first-order valence-electron chi connectivity index (χ1n) is 36.3. The molecule has 0 saturated carbocycles. The minimum Gasteiger partial charge on any atom is -0.370 e. The van der Waals surface area contributed by atoms with Gasteiger partial charge in [0.15, 0.2) is 53.6 Å². The number of nitrogens with one attached hydrogen (secondary N) is 28. The second-order valence-corrected chi connectivity index (χ2v) is 25.6. The third kappa shape index (κ3) is 49.7. The molecule has 0 spiro atoms. The van der Waals surface area contributed by atoms with Crippen LogP contribution in [-0.2, 0) is 57.5 Å². The van der Waals surface area contributed by atoms with Gasteiger partial charge in [-0.05, 0) is 122 Å². The van der Waals surface area contributed by atoms with E-state index in [0.29, 0.717) is 0 Å². The minimum absolute atomic E-state index is 0.00224. The summed E-state index contributed by atoms with van der Waals surface area (Å²) < 4.78 is 0. The van der Waals surface area contributed by atoms with E-state index in [4.69, 9.17) is 117 Å². The molecule has 0 fully saturated rings. The average Bonchev–Trinajstić information content (AvgIpc) is 0.865. The van der Waals surface area contributed by atoms with Crippen molar-refractivity contribution in [2.24, 2.45) is 68.8 Å². The molecule has 0 aromatic rings. The molecule has 0 aromatic heterocycles. The lowest BCUT2D eigenvalue weighted by atomic mass is 10.0. The monoisotopic (exact) mass is 1610 g/mol. The normalized spacial score (nSPS) is 13.2. The molecule has 52 N–H and O–H groups in total. The molecule has 10 atom stereocenters. The molecule has 0 heterocycles. The Bertz CT molecular complexity index is 3220. The summed E-state index contributed by atoms with van der Waals surface area (Å²) >= 11 is 0. The molecule has 0 rings (SSSR count). The van der Waals surface area contributed by atoms with Gasteiger partial charge in [0.05, 0.1) is 6.54 Å². The highest BCUT2D eigenvalue weighted by molar-refractivity contribution is 5.99. The van der Waals surface area contributed by atoms with Crippen molar-refractivity contribution in [1.82, 2.24) is 101 Å². The molecule has 0 saturated heterocycles. The summed E-state index contributed by atoms with van der Waals surface area (Å²) in [4.78, 5) is 169. The second kappa shape index (κ2) is 57.2. The van der Waals surface area contributed by atoms with E-state index in [-0.39, 0.29) is 186 Å². The zero-order valence-corrected chi connectivity index (χ0v) is 63.3. The lowest BCUT2D eigenvalue weighted by molar-refractivity contribution is -0.136. The van der Waals surface area contributed by atoms with Crippen molar-refractivity contribution < 1.29 is 57.5 Å². The van der Waals surface area contributed by atoms with Crippen LogP contribution >= 0.6 is 0 Å². The van der Waals surface area contributed by atoms with E-state index in [9.17, 15) is 57.5 Å². The molecule has 0 aliphatic heterocycles. The zero-order valence-electron chi connectivity index (χ0n) is 63.3. The molecule has 12 amide bonds. The van der Waals surface area contributed by atoms with E-state index in [1.54, 1.807) is 0 Å². The SMILES string of the molecule is N=C(N)NCCC[C@H](NC(=O)[C@H](CCCNC(=N)N)NC(=O)[C@H](CCCNC(=N)N)NC(=O)[C@H](CCC(N)=O)NC(=O)[C@H](CCCNC(=N)N)NC(=O)[C@H](CCCNC(=N)N)NC(=O)[C@H](CCCNC(=N)N)NC(=O)[C@H](CCCNC(=N)N)NC(=O)[C@H](CCCNC(=N)N)NC(=O)[C@H](CCCNC(=N)N)NC(=O)CN)C(N)=O. The van der Waals surface area contributed by atoms with Gasteiger partial charge in [0, 0.05) is 65.3 Å². The van der Waals surface area contributed by atoms with Crippen LogP contribution in [0.2, 0.25) is 0 Å². The number of rotatable bonds is 60. The topological polar surface area (TPSA) is 960 Å². The lowest BCUT2D eigenvalue weighted by Gasteiger charge is -2.29. The highest BCUT2D eigenvalue weighted by Crippen LogP contribution is 2.12. The third-order valence-electron chi connectivity index (χ3n) is 16.1. The van der Waals surface area contributed by atoms with Crippen molar-refractivity contribution in [2.75, 3.05) is 65.4 Å². The van der Waals surface area contributed by atoms with Crippen LogP contribution in [0.25, 0.3) is 0 Å². The largest absolute Gasteiger partial charge is 0.370 e. The quantitative estimate of drug-likeness (QED) is 0.0153. The van der Waals surface area contributed by atoms with Gasteiger partial charge < -0.3 is 170 Å². The second-order valence-electron chi connectivity index (χ2n) is 25.6. The van der Waals surface area contributed by atoms with Gasteiger partial charge in [0.1, 0.15) is 60.4 Å². The van der Waals surface area contributed by atoms with E-state index in [0.717, 1.165) is 0 Å². The molecule has 638 valence electrons. The Kier molecular flexibility index (Phi) is 50.6. The summed E-state index contributed by atoms with van der Waals surface area (Å²) in [5.41, 5.74) is 66.1. The summed E-state index contributed by atoms with van der Waals surface area (Å²) in [6.07, 6.45) is -2.48. The molecule has 52 heteroatoms. The summed E-state index contributed by atoms with van der Waals surface area (Å²) in [6, 6.07) is -15.4. The minimum atomic E-state index is -1.77. The smallest absolute Gasteiger partial charge is 0.243 e. The van der Waals surface area contributed by atoms with Gasteiger partial charge >= 0.3 is 0 Å². The van der Waals surface area contributed by atoms with Crippen molar-refractivity contribution in [3.8, 4) is 0 Å². The van der Waals surface area contributed by atoms with E-state index in [1.807, 2.05) is 0 Å². The number of carbonyl (C=O) groups excluding carboxylic acids is 12. The van der Waals surface area contributed by atoms with Crippen LogP contribution in [-0.4, -0.2) is 250 Å². The standard InChI is InChI=1S/C61H122N40O12/c62-30-42(103)92-32(11-2-22-84-54(67)68)44(105)94-34(13-4-24-86-56(71)72)46(107)96-35(14-5-25-87-57(73)74)47(108)97-36(15-6-26-88-58(75)76)48(109)98-37(16-7-27-89-59(77)78)49(110)99-39(18-9-29-91-61(81)82)51(112)101-40(19-20-41(63)102)52(113)100-38(17-8-28-90-60(79)80)50(111)95-33(12-3-23-85-55(69)70)45(106)93-31(43(64)104)10-1-21-83-53(65)66/h31-40H,1-30,62H2,(H2,63,102)(H2,64,104)(H,92,103)(H,93,106)(H,94,105)(H,95,111)(H,96,107)(H,97,108)(H,98,109)(H,99,110)(H,100,113)(H,101,112)(H4,65,66,83)(H4,67,68,84)(H4,69,70,85)(H4,71,72,86)(H4,73,74,87)(H4,75,76,88)(H4,77,78,89)(H4,79,80,90)(H4,81,82,91)/t31-,32-,33-,34-,35-,36-,37-,38-,39-,40-/m0/s1. The highest BCUT2D eigenvalue weighted by Gasteiger charge is 2.36. The molecule has 52 nitrogen and oxygen atoms in total. The Balaban J connectivity index is 7.93. The van der Waals surface area contributed by atoms with Gasteiger partial charge in [-0.1, -0.05) is 0 Å². The maximum atomic E-state index is 14.9. The van der Waals surface area contributed by atoms with Crippen molar-refractivity contribution in [2.45, 2.75) is 189 Å². The molecule has 0 radical (unpaired) electrons. The van der Waals surface area contributed by atoms with Gasteiger partial charge in [0.25, 0.3) is 0 Å². The predicted molar refractivity (Wildman–Crippen MR) is 418 cm³/mol. The Hall–Kier alpha value is -13.0. The van der Waals surface area contributed by atoms with Crippen molar-refractivity contribution >= 4 is 125 Å². The van der Waals surface area contributed by atoms with Gasteiger partial charge in [-0.3, -0.25) is 106 Å². The van der Waals surface area contributed by atoms with E-state index in [2.05, 4.69) is 101 Å². The van der Waals surface area contributed by atoms with Crippen LogP contribution in [0, 0.1) is 48.7 Å². The molecule has 0 aromatic carbocycles. The number of carbonyl (C=O) groups is 12. The third-order valence-corrected chi connectivity index (χ3v) is 16.1. The van der Waals surface area contributed by atoms with Crippen molar-refractivity contribution in [3.05, 3.63) is 0 Å². The van der Waals surface area contributed by atoms with Crippen molar-refractivity contribution in [3.63, 3.8) is 0 Å². The van der Waals surface area contributed by atoms with E-state index < -0.39 is 192 Å². The fourth-order valence-electron chi connectivity index (χ4n) is 10.5. The Labute approximate surface area is 652 Å². The summed E-state index contributed by atoms with van der Waals surface area (Å²) in [6.45, 7) is -0.521. The first-order valence-corrected chi connectivity index (χ1v) is 36.3. The van der Waals surface area contributed by atoms with Gasteiger partial charge in [-0.15, -0.1) is 0 Å². The lowest BCUT2D eigenvalue weighted by Crippen LogP contribution is -2.61. The fraction of sp³-hybridized carbons (Fsp3) is 0.656. The maximum absolute atomic E-state index is 14.9. The van der Waals surface area contributed by atoms with Gasteiger partial charge in [-0.2, -0.15) is 0 Å². The van der Waals surface area contributed by atoms with Gasteiger partial charge in [0.2, 0.25) is 70.9 Å². The van der Waals surface area contributed by atoms with E-state index in [1.165, 1.54) is 0 Å². The predicted octanol–water partition coefficient (Wildman–Crippen LogP) is -14.1. The van der Waals surface area contributed by atoms with Crippen molar-refractivity contribution in [1.29, 1.82) is 48.7 Å². The number of hydrogen-bond donors (Lipinski definition) is 40. The molecule has 0 bridgehead atoms. The molecule has 0 aliphatic rings. The fourth-order valence-corrected chi connectivity index (χ4v) is 10.5. The Morgan fingerprint density at radius 2 is 0.354 bits per heavy atom. The number of guanidine groups is 9. The summed E-state index contributed by atoms with van der Waals surface area (Å²) in [5, 5.41) is 117. The number of amides is 12. The molecule has 0 unspecified atom stereocenters. The number of primary amides is 2. The Morgan fingerprint density at radius 3 is 0.496 bits per heavy atom. The highest BCUT2D eigenvalue weighted by atomic mass is 16.2. The molecule has 0 aliphatic carbocycles. The summed E-state index contributed by atoms with van der Waals surface area (Å²) in [7, 11) is 0.